The lowest BCUT2D eigenvalue weighted by molar-refractivity contribution is 0.0773. The molecule has 0 aliphatic carbocycles. The quantitative estimate of drug-likeness (QED) is 0.591. The Balaban J connectivity index is 1.88. The molecule has 0 bridgehead atoms. The van der Waals surface area contributed by atoms with E-state index < -0.39 is 11.3 Å². The number of benzene rings is 2. The highest BCUT2D eigenvalue weighted by molar-refractivity contribution is 7.81. The van der Waals surface area contributed by atoms with Gasteiger partial charge in [0.15, 0.2) is 0 Å². The third-order valence-electron chi connectivity index (χ3n) is 4.40. The summed E-state index contributed by atoms with van der Waals surface area (Å²) in [6, 6.07) is 17.0. The molecule has 1 N–H and O–H groups in total. The molecule has 0 aliphatic heterocycles. The van der Waals surface area contributed by atoms with E-state index in [4.69, 9.17) is 0 Å². The first kappa shape index (κ1) is 19.5. The lowest BCUT2D eigenvalue weighted by Gasteiger charge is -2.20. The standard InChI is InChI=1S/C20H22N2O3S2/c1-3-21(4-2)20(23)17-10-7-8-15(12-17)14-22(27(24)25)19-13-16-9-5-6-11-18(16)26-19/h5-13H,3-4,14H2,1-2H3,(H,24,25). The zero-order chi connectivity index (χ0) is 19.4. The summed E-state index contributed by atoms with van der Waals surface area (Å²) in [6.07, 6.45) is 0. The van der Waals surface area contributed by atoms with Crippen molar-refractivity contribution in [3.8, 4) is 0 Å². The summed E-state index contributed by atoms with van der Waals surface area (Å²) in [4.78, 5) is 14.3. The van der Waals surface area contributed by atoms with Crippen LogP contribution < -0.4 is 4.31 Å². The first-order valence-corrected chi connectivity index (χ1v) is 10.7. The van der Waals surface area contributed by atoms with E-state index in [-0.39, 0.29) is 12.5 Å². The summed E-state index contributed by atoms with van der Waals surface area (Å²) in [5.41, 5.74) is 1.41. The van der Waals surface area contributed by atoms with Crippen LogP contribution in [0.2, 0.25) is 0 Å². The van der Waals surface area contributed by atoms with Crippen LogP contribution in [0.15, 0.2) is 54.6 Å². The molecule has 2 aromatic carbocycles. The number of rotatable bonds is 7. The minimum atomic E-state index is -2.16. The number of amides is 1. The maximum Gasteiger partial charge on any atom is 0.262 e. The number of carbonyl (C=O) groups is 1. The predicted molar refractivity (Wildman–Crippen MR) is 112 cm³/mol. The number of nitrogens with zero attached hydrogens (tertiary/aromatic N) is 2. The largest absolute Gasteiger partial charge is 0.339 e. The van der Waals surface area contributed by atoms with Gasteiger partial charge in [-0.1, -0.05) is 30.3 Å². The molecule has 5 nitrogen and oxygen atoms in total. The first-order chi connectivity index (χ1) is 13.0. The van der Waals surface area contributed by atoms with E-state index in [1.165, 1.54) is 15.6 Å². The number of anilines is 1. The van der Waals surface area contributed by atoms with Crippen LogP contribution in [0.4, 0.5) is 5.00 Å². The van der Waals surface area contributed by atoms with Gasteiger partial charge < -0.3 is 4.90 Å². The van der Waals surface area contributed by atoms with Gasteiger partial charge in [-0.25, -0.2) is 4.21 Å². The molecule has 1 heterocycles. The van der Waals surface area contributed by atoms with Crippen molar-refractivity contribution in [3.63, 3.8) is 0 Å². The van der Waals surface area contributed by atoms with E-state index in [1.54, 1.807) is 17.0 Å². The molecule has 0 saturated carbocycles. The maximum absolute atomic E-state index is 12.6. The highest BCUT2D eigenvalue weighted by atomic mass is 32.2. The Bertz CT molecular complexity index is 934. The Morgan fingerprint density at radius 2 is 1.81 bits per heavy atom. The summed E-state index contributed by atoms with van der Waals surface area (Å²) in [7, 11) is 0. The molecule has 27 heavy (non-hydrogen) atoms. The first-order valence-electron chi connectivity index (χ1n) is 8.78. The Hall–Kier alpha value is -2.22. The average molecular weight is 403 g/mol. The molecular weight excluding hydrogens is 380 g/mol. The predicted octanol–water partition coefficient (Wildman–Crippen LogP) is 4.53. The number of fused-ring (bicyclic) bond motifs is 1. The third-order valence-corrected chi connectivity index (χ3v) is 6.36. The lowest BCUT2D eigenvalue weighted by atomic mass is 10.1. The van der Waals surface area contributed by atoms with Crippen molar-refractivity contribution in [2.75, 3.05) is 17.4 Å². The topological polar surface area (TPSA) is 60.9 Å². The second kappa shape index (κ2) is 8.65. The molecule has 0 aliphatic rings. The third kappa shape index (κ3) is 4.37. The van der Waals surface area contributed by atoms with Crippen LogP contribution in [0, 0.1) is 0 Å². The van der Waals surface area contributed by atoms with Crippen LogP contribution in [0.25, 0.3) is 10.1 Å². The van der Waals surface area contributed by atoms with Crippen LogP contribution in [0.1, 0.15) is 29.8 Å². The fourth-order valence-electron chi connectivity index (χ4n) is 2.96. The van der Waals surface area contributed by atoms with Crippen LogP contribution in [-0.4, -0.2) is 32.7 Å². The van der Waals surface area contributed by atoms with E-state index in [0.717, 1.165) is 20.7 Å². The molecule has 1 aromatic heterocycles. The van der Waals surface area contributed by atoms with Crippen molar-refractivity contribution in [3.05, 3.63) is 65.7 Å². The molecule has 0 radical (unpaired) electrons. The molecule has 1 atom stereocenters. The average Bonchev–Trinajstić information content (AvgIpc) is 3.10. The zero-order valence-electron chi connectivity index (χ0n) is 15.3. The van der Waals surface area contributed by atoms with Crippen LogP contribution >= 0.6 is 11.3 Å². The van der Waals surface area contributed by atoms with Gasteiger partial charge in [-0.3, -0.25) is 13.7 Å². The summed E-state index contributed by atoms with van der Waals surface area (Å²) < 4.78 is 24.3. The normalized spacial score (nSPS) is 12.1. The van der Waals surface area contributed by atoms with E-state index in [2.05, 4.69) is 0 Å². The van der Waals surface area contributed by atoms with Crippen LogP contribution in [-0.2, 0) is 17.8 Å². The highest BCUT2D eigenvalue weighted by Gasteiger charge is 2.18. The van der Waals surface area contributed by atoms with Gasteiger partial charge in [0.2, 0.25) is 0 Å². The maximum atomic E-state index is 12.6. The van der Waals surface area contributed by atoms with Crippen molar-refractivity contribution >= 4 is 43.6 Å². The van der Waals surface area contributed by atoms with Crippen molar-refractivity contribution in [2.45, 2.75) is 20.4 Å². The number of thiophene rings is 1. The molecule has 3 rings (SSSR count). The molecule has 0 saturated heterocycles. The molecule has 7 heteroatoms. The zero-order valence-corrected chi connectivity index (χ0v) is 16.9. The van der Waals surface area contributed by atoms with E-state index >= 15 is 0 Å². The second-order valence-electron chi connectivity index (χ2n) is 6.07. The molecule has 0 fully saturated rings. The molecule has 142 valence electrons. The number of carbonyl (C=O) groups excluding carboxylic acids is 1. The molecule has 3 aromatic rings. The van der Waals surface area contributed by atoms with E-state index in [1.807, 2.05) is 56.3 Å². The van der Waals surface area contributed by atoms with Crippen molar-refractivity contribution in [1.82, 2.24) is 4.90 Å². The van der Waals surface area contributed by atoms with Crippen LogP contribution in [0.3, 0.4) is 0 Å². The second-order valence-corrected chi connectivity index (χ2v) is 8.03. The minimum Gasteiger partial charge on any atom is -0.339 e. The molecule has 1 unspecified atom stereocenters. The Morgan fingerprint density at radius 1 is 1.07 bits per heavy atom. The fraction of sp³-hybridized carbons (Fsp3) is 0.250. The Labute approximate surface area is 165 Å². The van der Waals surface area contributed by atoms with Gasteiger partial charge in [0.1, 0.15) is 5.00 Å². The summed E-state index contributed by atoms with van der Waals surface area (Å²) >= 11 is -0.689. The smallest absolute Gasteiger partial charge is 0.262 e. The van der Waals surface area contributed by atoms with E-state index in [9.17, 15) is 13.6 Å². The molecular formula is C20H22N2O3S2. The van der Waals surface area contributed by atoms with E-state index in [0.29, 0.717) is 18.7 Å². The molecule has 1 amide bonds. The fourth-order valence-corrected chi connectivity index (χ4v) is 4.70. The Kier molecular flexibility index (Phi) is 6.26. The van der Waals surface area contributed by atoms with Crippen molar-refractivity contribution in [2.24, 2.45) is 0 Å². The summed E-state index contributed by atoms with van der Waals surface area (Å²) in [5.74, 6) is -0.0274. The number of hydrogen-bond donors (Lipinski definition) is 1. The molecule has 0 spiro atoms. The minimum absolute atomic E-state index is 0.0274. The van der Waals surface area contributed by atoms with Gasteiger partial charge >= 0.3 is 0 Å². The van der Waals surface area contributed by atoms with Gasteiger partial charge in [0.05, 0.1) is 6.54 Å². The monoisotopic (exact) mass is 402 g/mol. The summed E-state index contributed by atoms with van der Waals surface area (Å²) in [5, 5.41) is 1.76. The van der Waals surface area contributed by atoms with Crippen molar-refractivity contribution < 1.29 is 13.6 Å². The van der Waals surface area contributed by atoms with Gasteiger partial charge in [-0.2, -0.15) is 0 Å². The number of hydrogen-bond acceptors (Lipinski definition) is 3. The van der Waals surface area contributed by atoms with Gasteiger partial charge in [0.25, 0.3) is 17.2 Å². The SMILES string of the molecule is CCN(CC)C(=O)c1cccc(CN(c2cc3ccccc3s2)S(=O)O)c1. The van der Waals surface area contributed by atoms with Gasteiger partial charge in [-0.05, 0) is 49.1 Å². The lowest BCUT2D eigenvalue weighted by Crippen LogP contribution is -2.30. The highest BCUT2D eigenvalue weighted by Crippen LogP contribution is 2.33. The summed E-state index contributed by atoms with van der Waals surface area (Å²) in [6.45, 7) is 5.43. The Morgan fingerprint density at radius 3 is 2.48 bits per heavy atom. The van der Waals surface area contributed by atoms with Gasteiger partial charge in [0, 0.05) is 23.4 Å². The van der Waals surface area contributed by atoms with Gasteiger partial charge in [-0.15, -0.1) is 11.3 Å². The van der Waals surface area contributed by atoms with Crippen molar-refractivity contribution in [1.29, 1.82) is 0 Å². The van der Waals surface area contributed by atoms with Crippen LogP contribution in [0.5, 0.6) is 0 Å².